The summed E-state index contributed by atoms with van der Waals surface area (Å²) in [6, 6.07) is 0. The Bertz CT molecular complexity index is 230. The Morgan fingerprint density at radius 3 is 2.92 bits per heavy atom. The summed E-state index contributed by atoms with van der Waals surface area (Å²) >= 11 is 0. The van der Waals surface area contributed by atoms with Gasteiger partial charge in [0.15, 0.2) is 5.60 Å². The van der Waals surface area contributed by atoms with Gasteiger partial charge < -0.3 is 9.84 Å². The third-order valence-electron chi connectivity index (χ3n) is 1.68. The van der Waals surface area contributed by atoms with Crippen molar-refractivity contribution >= 4 is 5.97 Å². The first-order valence-electron chi connectivity index (χ1n) is 3.93. The molecule has 0 aromatic heterocycles. The van der Waals surface area contributed by atoms with Crippen molar-refractivity contribution in [2.24, 2.45) is 0 Å². The molecule has 3 nitrogen and oxygen atoms in total. The van der Waals surface area contributed by atoms with Crippen LogP contribution in [0.15, 0.2) is 24.3 Å². The number of carbonyl (C=O) groups excluding carboxylic acids is 1. The summed E-state index contributed by atoms with van der Waals surface area (Å²) in [6.07, 6.45) is 6.90. The van der Waals surface area contributed by atoms with Crippen molar-refractivity contribution in [3.05, 3.63) is 24.3 Å². The van der Waals surface area contributed by atoms with Gasteiger partial charge >= 0.3 is 5.97 Å². The molecule has 0 aliphatic heterocycles. The van der Waals surface area contributed by atoms with E-state index in [4.69, 9.17) is 4.74 Å². The van der Waals surface area contributed by atoms with Crippen LogP contribution in [0.3, 0.4) is 0 Å². The molecule has 1 aliphatic rings. The number of aliphatic hydroxyl groups is 1. The fourth-order valence-corrected chi connectivity index (χ4v) is 1.02. The standard InChI is InChI=1S/C9H12O3/c1-2-12-8(10)9(11)6-4-3-5-7-9/h3-6,11H,2,7H2,1H3. The maximum atomic E-state index is 11.2. The lowest BCUT2D eigenvalue weighted by atomic mass is 9.96. The number of carbonyl (C=O) groups is 1. The molecule has 1 N–H and O–H groups in total. The Morgan fingerprint density at radius 1 is 1.67 bits per heavy atom. The summed E-state index contributed by atoms with van der Waals surface area (Å²) in [5.41, 5.74) is -1.44. The monoisotopic (exact) mass is 168 g/mol. The molecule has 0 fully saturated rings. The average Bonchev–Trinajstić information content (AvgIpc) is 2.06. The van der Waals surface area contributed by atoms with Gasteiger partial charge in [0.2, 0.25) is 0 Å². The van der Waals surface area contributed by atoms with Gasteiger partial charge in [-0.05, 0) is 13.0 Å². The maximum Gasteiger partial charge on any atom is 0.342 e. The lowest BCUT2D eigenvalue weighted by molar-refractivity contribution is -0.159. The molecule has 1 rings (SSSR count). The van der Waals surface area contributed by atoms with Gasteiger partial charge in [0, 0.05) is 6.42 Å². The van der Waals surface area contributed by atoms with E-state index in [0.29, 0.717) is 13.0 Å². The second-order valence-electron chi connectivity index (χ2n) is 2.64. The molecule has 3 heteroatoms. The van der Waals surface area contributed by atoms with Crippen molar-refractivity contribution in [2.75, 3.05) is 6.61 Å². The van der Waals surface area contributed by atoms with Crippen LogP contribution in [0.4, 0.5) is 0 Å². The molecular weight excluding hydrogens is 156 g/mol. The molecule has 0 saturated heterocycles. The SMILES string of the molecule is CCOC(=O)C1(O)C=CC=CC1. The molecule has 1 atom stereocenters. The molecule has 12 heavy (non-hydrogen) atoms. The Kier molecular flexibility index (Phi) is 2.65. The molecule has 1 aliphatic carbocycles. The van der Waals surface area contributed by atoms with E-state index in [1.807, 2.05) is 0 Å². The predicted molar refractivity (Wildman–Crippen MR) is 44.5 cm³/mol. The minimum absolute atomic E-state index is 0.290. The van der Waals surface area contributed by atoms with E-state index in [2.05, 4.69) is 0 Å². The highest BCUT2D eigenvalue weighted by atomic mass is 16.5. The topological polar surface area (TPSA) is 46.5 Å². The maximum absolute atomic E-state index is 11.2. The van der Waals surface area contributed by atoms with Crippen LogP contribution in [0, 0.1) is 0 Å². The van der Waals surface area contributed by atoms with Crippen molar-refractivity contribution < 1.29 is 14.6 Å². The van der Waals surface area contributed by atoms with Crippen molar-refractivity contribution in [1.29, 1.82) is 0 Å². The van der Waals surface area contributed by atoms with Gasteiger partial charge in [-0.3, -0.25) is 0 Å². The first kappa shape index (κ1) is 9.00. The van der Waals surface area contributed by atoms with Crippen molar-refractivity contribution in [1.82, 2.24) is 0 Å². The largest absolute Gasteiger partial charge is 0.464 e. The normalized spacial score (nSPS) is 27.2. The van der Waals surface area contributed by atoms with Crippen molar-refractivity contribution in [3.8, 4) is 0 Å². The van der Waals surface area contributed by atoms with Gasteiger partial charge in [-0.2, -0.15) is 0 Å². The summed E-state index contributed by atoms with van der Waals surface area (Å²) in [5, 5.41) is 9.66. The third-order valence-corrected chi connectivity index (χ3v) is 1.68. The minimum Gasteiger partial charge on any atom is -0.464 e. The van der Waals surface area contributed by atoms with Crippen LogP contribution in [-0.4, -0.2) is 23.3 Å². The van der Waals surface area contributed by atoms with Gasteiger partial charge in [0.05, 0.1) is 6.61 Å². The zero-order valence-corrected chi connectivity index (χ0v) is 6.99. The van der Waals surface area contributed by atoms with Gasteiger partial charge in [-0.15, -0.1) is 0 Å². The quantitative estimate of drug-likeness (QED) is 0.620. The smallest absolute Gasteiger partial charge is 0.342 e. The Hall–Kier alpha value is -1.09. The average molecular weight is 168 g/mol. The number of esters is 1. The molecule has 0 radical (unpaired) electrons. The van der Waals surface area contributed by atoms with Crippen molar-refractivity contribution in [3.63, 3.8) is 0 Å². The van der Waals surface area contributed by atoms with Crippen LogP contribution >= 0.6 is 0 Å². The van der Waals surface area contributed by atoms with Crippen molar-refractivity contribution in [2.45, 2.75) is 18.9 Å². The number of allylic oxidation sites excluding steroid dienone is 2. The van der Waals surface area contributed by atoms with Crippen LogP contribution < -0.4 is 0 Å². The van der Waals surface area contributed by atoms with E-state index in [-0.39, 0.29) is 0 Å². The van der Waals surface area contributed by atoms with E-state index >= 15 is 0 Å². The summed E-state index contributed by atoms with van der Waals surface area (Å²) < 4.78 is 4.71. The Balaban J connectivity index is 2.65. The third kappa shape index (κ3) is 1.74. The van der Waals surface area contributed by atoms with E-state index in [9.17, 15) is 9.90 Å². The highest BCUT2D eigenvalue weighted by molar-refractivity contribution is 5.82. The summed E-state index contributed by atoms with van der Waals surface area (Å²) in [5.74, 6) is -0.578. The van der Waals surface area contributed by atoms with Gasteiger partial charge in [0.1, 0.15) is 0 Å². The number of hydrogen-bond donors (Lipinski definition) is 1. The first-order chi connectivity index (χ1) is 5.69. The summed E-state index contributed by atoms with van der Waals surface area (Å²) in [6.45, 7) is 2.00. The van der Waals surface area contributed by atoms with E-state index in [1.54, 1.807) is 25.2 Å². The summed E-state index contributed by atoms with van der Waals surface area (Å²) in [4.78, 5) is 11.2. The lowest BCUT2D eigenvalue weighted by Gasteiger charge is -2.21. The Morgan fingerprint density at radius 2 is 2.42 bits per heavy atom. The minimum atomic E-state index is -1.44. The van der Waals surface area contributed by atoms with Crippen LogP contribution in [0.25, 0.3) is 0 Å². The highest BCUT2D eigenvalue weighted by Crippen LogP contribution is 2.18. The molecule has 0 heterocycles. The van der Waals surface area contributed by atoms with Gasteiger partial charge in [-0.25, -0.2) is 4.79 Å². The number of hydrogen-bond acceptors (Lipinski definition) is 3. The Labute approximate surface area is 71.3 Å². The second-order valence-corrected chi connectivity index (χ2v) is 2.64. The highest BCUT2D eigenvalue weighted by Gasteiger charge is 2.34. The van der Waals surface area contributed by atoms with Crippen LogP contribution in [0.5, 0.6) is 0 Å². The predicted octanol–water partition coefficient (Wildman–Crippen LogP) is 0.797. The fourth-order valence-electron chi connectivity index (χ4n) is 1.02. The van der Waals surface area contributed by atoms with E-state index < -0.39 is 11.6 Å². The zero-order valence-electron chi connectivity index (χ0n) is 6.99. The van der Waals surface area contributed by atoms with Crippen LogP contribution in [0.2, 0.25) is 0 Å². The molecule has 0 aromatic rings. The van der Waals surface area contributed by atoms with Crippen LogP contribution in [-0.2, 0) is 9.53 Å². The molecule has 0 spiro atoms. The van der Waals surface area contributed by atoms with Crippen LogP contribution in [0.1, 0.15) is 13.3 Å². The van der Waals surface area contributed by atoms with Gasteiger partial charge in [-0.1, -0.05) is 18.2 Å². The number of ether oxygens (including phenoxy) is 1. The second kappa shape index (κ2) is 3.54. The summed E-state index contributed by atoms with van der Waals surface area (Å²) in [7, 11) is 0. The molecule has 0 aromatic carbocycles. The molecular formula is C9H12O3. The molecule has 66 valence electrons. The first-order valence-corrected chi connectivity index (χ1v) is 3.93. The lowest BCUT2D eigenvalue weighted by Crippen LogP contribution is -2.38. The molecule has 0 saturated carbocycles. The number of rotatable bonds is 2. The molecule has 0 amide bonds. The van der Waals surface area contributed by atoms with E-state index in [0.717, 1.165) is 0 Å². The van der Waals surface area contributed by atoms with E-state index in [1.165, 1.54) is 6.08 Å². The van der Waals surface area contributed by atoms with Gasteiger partial charge in [0.25, 0.3) is 0 Å². The molecule has 1 unspecified atom stereocenters. The zero-order chi connectivity index (χ0) is 9.03. The fraction of sp³-hybridized carbons (Fsp3) is 0.444. The molecule has 0 bridgehead atoms.